The van der Waals surface area contributed by atoms with Crippen LogP contribution < -0.4 is 5.32 Å². The highest BCUT2D eigenvalue weighted by molar-refractivity contribution is 5.95. The second-order valence-corrected chi connectivity index (χ2v) is 6.98. The number of carbonyl (C=O) groups excluding carboxylic acids is 2. The second kappa shape index (κ2) is 8.77. The van der Waals surface area contributed by atoms with Crippen molar-refractivity contribution in [2.24, 2.45) is 5.92 Å². The summed E-state index contributed by atoms with van der Waals surface area (Å²) in [5.41, 5.74) is 2.30. The Hall–Kier alpha value is -2.73. The molecule has 1 aliphatic rings. The molecule has 0 saturated carbocycles. The molecule has 0 aliphatic carbocycles. The molecule has 0 radical (unpaired) electrons. The van der Waals surface area contributed by atoms with E-state index in [0.29, 0.717) is 25.1 Å². The average molecular weight is 367 g/mol. The SMILES string of the molecule is Cc1ccccc1C(=O)NC[C@@H]1CCN(C(=O)Cc2ccccn2)C[C@H]1O. The van der Waals surface area contributed by atoms with Crippen LogP contribution in [-0.2, 0) is 11.2 Å². The van der Waals surface area contributed by atoms with Crippen molar-refractivity contribution >= 4 is 11.8 Å². The zero-order valence-electron chi connectivity index (χ0n) is 15.5. The van der Waals surface area contributed by atoms with E-state index >= 15 is 0 Å². The lowest BCUT2D eigenvalue weighted by molar-refractivity contribution is -0.134. The van der Waals surface area contributed by atoms with Crippen molar-refractivity contribution in [2.75, 3.05) is 19.6 Å². The Morgan fingerprint density at radius 2 is 2.00 bits per heavy atom. The van der Waals surface area contributed by atoms with Gasteiger partial charge in [-0.15, -0.1) is 0 Å². The number of aryl methyl sites for hydroxylation is 1. The number of rotatable bonds is 5. The van der Waals surface area contributed by atoms with Crippen LogP contribution in [0.2, 0.25) is 0 Å². The third kappa shape index (κ3) is 4.92. The largest absolute Gasteiger partial charge is 0.391 e. The zero-order valence-corrected chi connectivity index (χ0v) is 15.5. The Labute approximate surface area is 159 Å². The maximum Gasteiger partial charge on any atom is 0.251 e. The van der Waals surface area contributed by atoms with E-state index in [1.165, 1.54) is 0 Å². The van der Waals surface area contributed by atoms with Gasteiger partial charge in [0.15, 0.2) is 0 Å². The molecule has 0 unspecified atom stereocenters. The molecule has 6 nitrogen and oxygen atoms in total. The number of amides is 2. The number of pyridine rings is 1. The van der Waals surface area contributed by atoms with Crippen LogP contribution in [0.4, 0.5) is 0 Å². The number of β-amino-alcohol motifs (C(OH)–C–C–N with tert-alkyl or cyclic N) is 1. The molecule has 3 rings (SSSR count). The van der Waals surface area contributed by atoms with Crippen LogP contribution in [0.25, 0.3) is 0 Å². The Morgan fingerprint density at radius 1 is 1.22 bits per heavy atom. The summed E-state index contributed by atoms with van der Waals surface area (Å²) in [6, 6.07) is 12.9. The molecule has 1 aromatic heterocycles. The number of aromatic nitrogens is 1. The molecule has 142 valence electrons. The van der Waals surface area contributed by atoms with Gasteiger partial charge in [-0.3, -0.25) is 14.6 Å². The van der Waals surface area contributed by atoms with Gasteiger partial charge in [-0.05, 0) is 37.1 Å². The van der Waals surface area contributed by atoms with Crippen molar-refractivity contribution in [1.29, 1.82) is 0 Å². The summed E-state index contributed by atoms with van der Waals surface area (Å²) in [4.78, 5) is 30.6. The molecule has 27 heavy (non-hydrogen) atoms. The lowest BCUT2D eigenvalue weighted by Gasteiger charge is -2.36. The summed E-state index contributed by atoms with van der Waals surface area (Å²) in [7, 11) is 0. The Balaban J connectivity index is 1.49. The van der Waals surface area contributed by atoms with Crippen LogP contribution in [0.3, 0.4) is 0 Å². The second-order valence-electron chi connectivity index (χ2n) is 6.98. The lowest BCUT2D eigenvalue weighted by atomic mass is 9.93. The fourth-order valence-electron chi connectivity index (χ4n) is 3.36. The summed E-state index contributed by atoms with van der Waals surface area (Å²) in [6.07, 6.45) is 1.91. The molecule has 6 heteroatoms. The van der Waals surface area contributed by atoms with Gasteiger partial charge in [-0.25, -0.2) is 0 Å². The Kier molecular flexibility index (Phi) is 6.19. The number of nitrogens with one attached hydrogen (secondary N) is 1. The van der Waals surface area contributed by atoms with Crippen LogP contribution in [0.5, 0.6) is 0 Å². The van der Waals surface area contributed by atoms with E-state index < -0.39 is 6.10 Å². The number of piperidine rings is 1. The molecule has 2 aromatic rings. The topological polar surface area (TPSA) is 82.5 Å². The molecular weight excluding hydrogens is 342 g/mol. The number of aliphatic hydroxyl groups excluding tert-OH is 1. The molecule has 2 amide bonds. The summed E-state index contributed by atoms with van der Waals surface area (Å²) < 4.78 is 0. The predicted octanol–water partition coefficient (Wildman–Crippen LogP) is 1.57. The van der Waals surface area contributed by atoms with Crippen molar-refractivity contribution in [3.05, 3.63) is 65.5 Å². The van der Waals surface area contributed by atoms with Gasteiger partial charge in [0.05, 0.1) is 12.5 Å². The normalized spacial score (nSPS) is 19.6. The Bertz CT molecular complexity index is 794. The van der Waals surface area contributed by atoms with E-state index in [-0.39, 0.29) is 30.7 Å². The summed E-state index contributed by atoms with van der Waals surface area (Å²) in [6.45, 7) is 3.16. The smallest absolute Gasteiger partial charge is 0.251 e. The first-order valence-corrected chi connectivity index (χ1v) is 9.24. The molecular formula is C21H25N3O3. The van der Waals surface area contributed by atoms with Gasteiger partial charge in [-0.1, -0.05) is 24.3 Å². The number of hydrogen-bond donors (Lipinski definition) is 2. The standard InChI is InChI=1S/C21H25N3O3/c1-15-6-2-3-8-18(15)21(27)23-13-16-9-11-24(14-19(16)25)20(26)12-17-7-4-5-10-22-17/h2-8,10,16,19,25H,9,11-14H2,1H3,(H,23,27)/t16-,19+/m0/s1. The number of nitrogens with zero attached hydrogens (tertiary/aromatic N) is 2. The fraction of sp³-hybridized carbons (Fsp3) is 0.381. The van der Waals surface area contributed by atoms with E-state index in [4.69, 9.17) is 0 Å². The van der Waals surface area contributed by atoms with Crippen LogP contribution >= 0.6 is 0 Å². The molecule has 2 heterocycles. The lowest BCUT2D eigenvalue weighted by Crippen LogP contribution is -2.50. The number of carbonyl (C=O) groups is 2. The van der Waals surface area contributed by atoms with E-state index in [0.717, 1.165) is 11.3 Å². The van der Waals surface area contributed by atoms with E-state index in [2.05, 4.69) is 10.3 Å². The summed E-state index contributed by atoms with van der Waals surface area (Å²) >= 11 is 0. The maximum atomic E-state index is 12.4. The average Bonchev–Trinajstić information content (AvgIpc) is 2.68. The highest BCUT2D eigenvalue weighted by Crippen LogP contribution is 2.18. The molecule has 2 N–H and O–H groups in total. The predicted molar refractivity (Wildman–Crippen MR) is 102 cm³/mol. The summed E-state index contributed by atoms with van der Waals surface area (Å²) in [5, 5.41) is 13.3. The van der Waals surface area contributed by atoms with Crippen LogP contribution in [0.15, 0.2) is 48.7 Å². The molecule has 1 saturated heterocycles. The van der Waals surface area contributed by atoms with E-state index in [1.807, 2.05) is 43.3 Å². The third-order valence-electron chi connectivity index (χ3n) is 5.05. The molecule has 0 spiro atoms. The van der Waals surface area contributed by atoms with Crippen LogP contribution in [-0.4, -0.2) is 52.5 Å². The first kappa shape index (κ1) is 19.0. The molecule has 2 atom stereocenters. The number of aliphatic hydroxyl groups is 1. The van der Waals surface area contributed by atoms with Gasteiger partial charge in [-0.2, -0.15) is 0 Å². The van der Waals surface area contributed by atoms with Crippen LogP contribution in [0, 0.1) is 12.8 Å². The minimum absolute atomic E-state index is 0.0323. The van der Waals surface area contributed by atoms with Gasteiger partial charge in [0.25, 0.3) is 5.91 Å². The van der Waals surface area contributed by atoms with Crippen molar-refractivity contribution in [1.82, 2.24) is 15.2 Å². The summed E-state index contributed by atoms with van der Waals surface area (Å²) in [5.74, 6) is -0.221. The molecule has 0 bridgehead atoms. The maximum absolute atomic E-state index is 12.4. The van der Waals surface area contributed by atoms with E-state index in [9.17, 15) is 14.7 Å². The Morgan fingerprint density at radius 3 is 2.70 bits per heavy atom. The number of benzene rings is 1. The first-order valence-electron chi connectivity index (χ1n) is 9.24. The highest BCUT2D eigenvalue weighted by atomic mass is 16.3. The van der Waals surface area contributed by atoms with Crippen molar-refractivity contribution in [3.63, 3.8) is 0 Å². The third-order valence-corrected chi connectivity index (χ3v) is 5.05. The van der Waals surface area contributed by atoms with Gasteiger partial charge in [0.1, 0.15) is 0 Å². The van der Waals surface area contributed by atoms with Crippen molar-refractivity contribution in [3.8, 4) is 0 Å². The minimum atomic E-state index is -0.649. The van der Waals surface area contributed by atoms with E-state index in [1.54, 1.807) is 17.2 Å². The van der Waals surface area contributed by atoms with Crippen molar-refractivity contribution < 1.29 is 14.7 Å². The number of likely N-dealkylation sites (tertiary alicyclic amines) is 1. The molecule has 1 fully saturated rings. The van der Waals surface area contributed by atoms with Gasteiger partial charge < -0.3 is 15.3 Å². The number of hydrogen-bond acceptors (Lipinski definition) is 4. The van der Waals surface area contributed by atoms with Crippen LogP contribution in [0.1, 0.15) is 28.0 Å². The van der Waals surface area contributed by atoms with Gasteiger partial charge in [0.2, 0.25) is 5.91 Å². The van der Waals surface area contributed by atoms with Gasteiger partial charge >= 0.3 is 0 Å². The highest BCUT2D eigenvalue weighted by Gasteiger charge is 2.30. The quantitative estimate of drug-likeness (QED) is 0.840. The zero-order chi connectivity index (χ0) is 19.2. The molecule has 1 aromatic carbocycles. The monoisotopic (exact) mass is 367 g/mol. The molecule has 1 aliphatic heterocycles. The minimum Gasteiger partial charge on any atom is -0.391 e. The fourth-order valence-corrected chi connectivity index (χ4v) is 3.36. The van der Waals surface area contributed by atoms with Gasteiger partial charge in [0, 0.05) is 43.0 Å². The van der Waals surface area contributed by atoms with Crippen molar-refractivity contribution in [2.45, 2.75) is 25.9 Å². The first-order chi connectivity index (χ1) is 13.0.